The highest BCUT2D eigenvalue weighted by Crippen LogP contribution is 2.41. The van der Waals surface area contributed by atoms with E-state index in [2.05, 4.69) is 10.4 Å². The number of hydrogen-bond acceptors (Lipinski definition) is 6. The standard InChI is InChI=1S/C24H26F4N4O5S/c1-23(17-7-6-15(12-18(17)25)37-11-3-9-24(26,27)28)13-16(19-8-10-32(30-19)14-4-5-14)20(21(33)29-23)22(34)31-38(2,35)36/h6-8,10,12,14H,3-5,9,11,13H2,1-2H3,(H,29,33)(H,31,34)/t23-/m0/s1. The molecule has 1 saturated carbocycles. The van der Waals surface area contributed by atoms with Crippen molar-refractivity contribution in [2.75, 3.05) is 12.9 Å². The van der Waals surface area contributed by atoms with Gasteiger partial charge in [-0.2, -0.15) is 18.3 Å². The van der Waals surface area contributed by atoms with Crippen molar-refractivity contribution in [1.82, 2.24) is 19.8 Å². The molecule has 0 unspecified atom stereocenters. The van der Waals surface area contributed by atoms with Crippen molar-refractivity contribution in [2.45, 2.75) is 56.8 Å². The first kappa shape index (κ1) is 27.6. The zero-order valence-corrected chi connectivity index (χ0v) is 21.4. The van der Waals surface area contributed by atoms with E-state index in [-0.39, 0.29) is 48.1 Å². The number of amides is 2. The largest absolute Gasteiger partial charge is 0.493 e. The number of carbonyl (C=O) groups is 2. The van der Waals surface area contributed by atoms with Crippen LogP contribution in [0.25, 0.3) is 5.57 Å². The summed E-state index contributed by atoms with van der Waals surface area (Å²) < 4.78 is 84.3. The van der Waals surface area contributed by atoms with Gasteiger partial charge in [0.1, 0.15) is 17.1 Å². The van der Waals surface area contributed by atoms with Crippen LogP contribution in [0, 0.1) is 5.82 Å². The molecule has 0 spiro atoms. The lowest BCUT2D eigenvalue weighted by Gasteiger charge is -2.37. The quantitative estimate of drug-likeness (QED) is 0.277. The molecule has 1 aliphatic heterocycles. The lowest BCUT2D eigenvalue weighted by atomic mass is 9.79. The van der Waals surface area contributed by atoms with Crippen LogP contribution in [-0.4, -0.2) is 49.1 Å². The lowest BCUT2D eigenvalue weighted by molar-refractivity contribution is -0.136. The maximum atomic E-state index is 15.2. The molecule has 2 heterocycles. The first-order valence-electron chi connectivity index (χ1n) is 11.8. The van der Waals surface area contributed by atoms with E-state index in [1.807, 2.05) is 0 Å². The average Bonchev–Trinajstić information content (AvgIpc) is 3.50. The van der Waals surface area contributed by atoms with Gasteiger partial charge in [0, 0.05) is 36.2 Å². The van der Waals surface area contributed by atoms with E-state index in [0.29, 0.717) is 0 Å². The molecular weight excluding hydrogens is 532 g/mol. The third-order valence-electron chi connectivity index (χ3n) is 6.20. The van der Waals surface area contributed by atoms with E-state index < -0.39 is 51.4 Å². The van der Waals surface area contributed by atoms with Crippen molar-refractivity contribution in [2.24, 2.45) is 0 Å². The molecule has 38 heavy (non-hydrogen) atoms. The van der Waals surface area contributed by atoms with Gasteiger partial charge in [-0.05, 0) is 38.3 Å². The molecule has 0 radical (unpaired) electrons. The van der Waals surface area contributed by atoms with Gasteiger partial charge in [-0.25, -0.2) is 17.5 Å². The summed E-state index contributed by atoms with van der Waals surface area (Å²) >= 11 is 0. The number of nitrogens with one attached hydrogen (secondary N) is 2. The zero-order valence-electron chi connectivity index (χ0n) is 20.6. The molecule has 0 bridgehead atoms. The van der Waals surface area contributed by atoms with Gasteiger partial charge < -0.3 is 10.1 Å². The van der Waals surface area contributed by atoms with Gasteiger partial charge in [-0.1, -0.05) is 6.07 Å². The van der Waals surface area contributed by atoms with Gasteiger partial charge in [0.15, 0.2) is 0 Å². The number of halogens is 4. The molecule has 4 rings (SSSR count). The molecule has 2 N–H and O–H groups in total. The smallest absolute Gasteiger partial charge is 0.389 e. The molecule has 1 aromatic carbocycles. The number of sulfonamides is 1. The SMILES string of the molecule is C[C@@]1(c2ccc(OCCCC(F)(F)F)cc2F)CC(c2ccn(C3CC3)n2)=C(C(=O)NS(C)(=O)=O)C(=O)N1. The third kappa shape index (κ3) is 6.52. The molecule has 2 amide bonds. The molecule has 9 nitrogen and oxygen atoms in total. The summed E-state index contributed by atoms with van der Waals surface area (Å²) in [4.78, 5) is 26.0. The number of rotatable bonds is 9. The van der Waals surface area contributed by atoms with Crippen molar-refractivity contribution in [3.8, 4) is 5.75 Å². The van der Waals surface area contributed by atoms with Crippen molar-refractivity contribution in [1.29, 1.82) is 0 Å². The monoisotopic (exact) mass is 558 g/mol. The maximum Gasteiger partial charge on any atom is 0.389 e. The number of alkyl halides is 3. The van der Waals surface area contributed by atoms with E-state index in [9.17, 15) is 31.2 Å². The van der Waals surface area contributed by atoms with Crippen LogP contribution in [0.2, 0.25) is 0 Å². The van der Waals surface area contributed by atoms with Crippen molar-refractivity contribution in [3.05, 3.63) is 53.1 Å². The van der Waals surface area contributed by atoms with Gasteiger partial charge in [0.25, 0.3) is 11.8 Å². The minimum Gasteiger partial charge on any atom is -0.493 e. The topological polar surface area (TPSA) is 119 Å². The summed E-state index contributed by atoms with van der Waals surface area (Å²) in [5.74, 6) is -2.81. The van der Waals surface area contributed by atoms with Crippen LogP contribution >= 0.6 is 0 Å². The molecule has 206 valence electrons. The Hall–Kier alpha value is -3.42. The second-order valence-electron chi connectivity index (χ2n) is 9.64. The van der Waals surface area contributed by atoms with Gasteiger partial charge in [0.05, 0.1) is 30.1 Å². The van der Waals surface area contributed by atoms with E-state index in [1.165, 1.54) is 19.1 Å². The molecule has 1 fully saturated rings. The molecule has 2 aromatic rings. The normalized spacial score (nSPS) is 20.3. The summed E-state index contributed by atoms with van der Waals surface area (Å²) in [6.45, 7) is 1.28. The summed E-state index contributed by atoms with van der Waals surface area (Å²) in [6, 6.07) is 5.53. The number of nitrogens with zero attached hydrogens (tertiary/aromatic N) is 2. The summed E-state index contributed by atoms with van der Waals surface area (Å²) in [5, 5.41) is 7.07. The van der Waals surface area contributed by atoms with Gasteiger partial charge >= 0.3 is 6.18 Å². The fourth-order valence-electron chi connectivity index (χ4n) is 4.31. The Morgan fingerprint density at radius 2 is 2.00 bits per heavy atom. The Kier molecular flexibility index (Phi) is 7.30. The van der Waals surface area contributed by atoms with E-state index in [4.69, 9.17) is 4.74 Å². The maximum absolute atomic E-state index is 15.2. The van der Waals surface area contributed by atoms with E-state index in [0.717, 1.165) is 25.2 Å². The molecule has 2 aliphatic rings. The molecular formula is C24H26F4N4O5S. The van der Waals surface area contributed by atoms with Gasteiger partial charge in [-0.15, -0.1) is 0 Å². The van der Waals surface area contributed by atoms with Crippen molar-refractivity contribution < 1.29 is 40.3 Å². The molecule has 1 atom stereocenters. The third-order valence-corrected chi connectivity index (χ3v) is 6.76. The van der Waals surface area contributed by atoms with Crippen LogP contribution in [0.3, 0.4) is 0 Å². The zero-order chi connectivity index (χ0) is 27.9. The fraction of sp³-hybridized carbons (Fsp3) is 0.458. The Morgan fingerprint density at radius 1 is 1.29 bits per heavy atom. The summed E-state index contributed by atoms with van der Waals surface area (Å²) in [5.41, 5.74) is -1.36. The van der Waals surface area contributed by atoms with Crippen LogP contribution in [0.15, 0.2) is 36.0 Å². The number of hydrogen-bond donors (Lipinski definition) is 2. The second-order valence-corrected chi connectivity index (χ2v) is 11.4. The van der Waals surface area contributed by atoms with Crippen LogP contribution in [0.5, 0.6) is 5.75 Å². The van der Waals surface area contributed by atoms with Gasteiger partial charge in [0.2, 0.25) is 10.0 Å². The first-order valence-corrected chi connectivity index (χ1v) is 13.7. The highest BCUT2D eigenvalue weighted by molar-refractivity contribution is 7.89. The van der Waals surface area contributed by atoms with Crippen LogP contribution in [0.4, 0.5) is 17.6 Å². The number of aromatic nitrogens is 2. The Morgan fingerprint density at radius 3 is 2.61 bits per heavy atom. The van der Waals surface area contributed by atoms with Crippen LogP contribution in [-0.2, 0) is 25.2 Å². The van der Waals surface area contributed by atoms with Crippen molar-refractivity contribution >= 4 is 27.4 Å². The van der Waals surface area contributed by atoms with E-state index in [1.54, 1.807) is 21.7 Å². The molecule has 1 aliphatic carbocycles. The van der Waals surface area contributed by atoms with Crippen molar-refractivity contribution in [3.63, 3.8) is 0 Å². The van der Waals surface area contributed by atoms with Crippen LogP contribution < -0.4 is 14.8 Å². The first-order chi connectivity index (χ1) is 17.7. The summed E-state index contributed by atoms with van der Waals surface area (Å²) in [6.07, 6.45) is -1.41. The highest BCUT2D eigenvalue weighted by atomic mass is 32.2. The van der Waals surface area contributed by atoms with E-state index >= 15 is 4.39 Å². The second kappa shape index (κ2) is 10.0. The summed E-state index contributed by atoms with van der Waals surface area (Å²) in [7, 11) is -3.99. The Bertz CT molecular complexity index is 1400. The minimum atomic E-state index is -4.32. The minimum absolute atomic E-state index is 0.0197. The number of carbonyl (C=O) groups excluding carboxylic acids is 2. The predicted molar refractivity (Wildman–Crippen MR) is 128 cm³/mol. The number of ether oxygens (including phenoxy) is 1. The molecule has 1 aromatic heterocycles. The highest BCUT2D eigenvalue weighted by Gasteiger charge is 2.42. The number of benzene rings is 1. The average molecular weight is 559 g/mol. The molecule has 0 saturated heterocycles. The van der Waals surface area contributed by atoms with Gasteiger partial charge in [-0.3, -0.25) is 14.3 Å². The predicted octanol–water partition coefficient (Wildman–Crippen LogP) is 3.34. The fourth-order valence-corrected chi connectivity index (χ4v) is 4.75. The van der Waals surface area contributed by atoms with Crippen LogP contribution in [0.1, 0.15) is 56.3 Å². The Labute approximate surface area is 216 Å². The lowest BCUT2D eigenvalue weighted by Crippen LogP contribution is -2.51. The Balaban J connectivity index is 1.64. The molecule has 14 heteroatoms.